The highest BCUT2D eigenvalue weighted by molar-refractivity contribution is 9.10. The van der Waals surface area contributed by atoms with Gasteiger partial charge in [-0.3, -0.25) is 4.79 Å². The van der Waals surface area contributed by atoms with Crippen molar-refractivity contribution < 1.29 is 14.3 Å². The number of ether oxygens (including phenoxy) is 2. The third kappa shape index (κ3) is 2.96. The second-order valence-corrected chi connectivity index (χ2v) is 5.54. The number of amides is 1. The number of carbonyl (C=O) groups is 1. The summed E-state index contributed by atoms with van der Waals surface area (Å²) in [5, 5.41) is 4.14. The highest BCUT2D eigenvalue weighted by atomic mass is 79.9. The van der Waals surface area contributed by atoms with Crippen LogP contribution in [-0.2, 0) is 0 Å². The fourth-order valence-electron chi connectivity index (χ4n) is 2.03. The first-order chi connectivity index (χ1) is 10.6. The van der Waals surface area contributed by atoms with E-state index in [1.165, 1.54) is 0 Å². The first kappa shape index (κ1) is 14.6. The lowest BCUT2D eigenvalue weighted by Crippen LogP contribution is -2.19. The number of hydrogen-bond acceptors (Lipinski definition) is 4. The zero-order chi connectivity index (χ0) is 15.5. The minimum atomic E-state index is -0.271. The summed E-state index contributed by atoms with van der Waals surface area (Å²) in [5.41, 5.74) is 4.62. The smallest absolute Gasteiger partial charge is 0.272 e. The zero-order valence-electron chi connectivity index (χ0n) is 11.8. The zero-order valence-corrected chi connectivity index (χ0v) is 13.4. The molecule has 2 aromatic carbocycles. The van der Waals surface area contributed by atoms with Crippen molar-refractivity contribution in [2.75, 3.05) is 6.79 Å². The molecule has 1 amide bonds. The summed E-state index contributed by atoms with van der Waals surface area (Å²) in [6, 6.07) is 12.7. The van der Waals surface area contributed by atoms with Crippen molar-refractivity contribution >= 4 is 27.5 Å². The molecule has 0 radical (unpaired) electrons. The lowest BCUT2D eigenvalue weighted by Gasteiger charge is -2.05. The molecule has 0 saturated heterocycles. The Morgan fingerprint density at radius 1 is 1.18 bits per heavy atom. The number of hydrazone groups is 1. The monoisotopic (exact) mass is 360 g/mol. The van der Waals surface area contributed by atoms with Crippen LogP contribution in [-0.4, -0.2) is 18.4 Å². The quantitative estimate of drug-likeness (QED) is 0.674. The molecule has 6 heteroatoms. The Labute approximate surface area is 136 Å². The standard InChI is InChI=1S/C16H13BrN2O3/c1-10(11-6-7-14-15(8-11)22-9-21-14)18-19-16(20)12-4-2-3-5-13(12)17/h2-8H,9H2,1H3,(H,19,20)/b18-10+. The van der Waals surface area contributed by atoms with Gasteiger partial charge in [0.25, 0.3) is 5.91 Å². The van der Waals surface area contributed by atoms with Crippen LogP contribution >= 0.6 is 15.9 Å². The second-order valence-electron chi connectivity index (χ2n) is 4.69. The van der Waals surface area contributed by atoms with E-state index in [1.807, 2.05) is 37.3 Å². The molecule has 22 heavy (non-hydrogen) atoms. The Kier molecular flexibility index (Phi) is 4.11. The predicted molar refractivity (Wildman–Crippen MR) is 86.4 cm³/mol. The summed E-state index contributed by atoms with van der Waals surface area (Å²) in [6.45, 7) is 2.05. The van der Waals surface area contributed by atoms with E-state index in [4.69, 9.17) is 9.47 Å². The minimum absolute atomic E-state index is 0.230. The Morgan fingerprint density at radius 2 is 1.95 bits per heavy atom. The van der Waals surface area contributed by atoms with Crippen LogP contribution < -0.4 is 14.9 Å². The number of rotatable bonds is 3. The van der Waals surface area contributed by atoms with Crippen molar-refractivity contribution in [2.24, 2.45) is 5.10 Å². The normalized spacial score (nSPS) is 13.1. The summed E-state index contributed by atoms with van der Waals surface area (Å²) in [6.07, 6.45) is 0. The highest BCUT2D eigenvalue weighted by Crippen LogP contribution is 2.32. The van der Waals surface area contributed by atoms with Crippen molar-refractivity contribution in [3.05, 3.63) is 58.1 Å². The average molecular weight is 361 g/mol. The lowest BCUT2D eigenvalue weighted by atomic mass is 10.1. The largest absolute Gasteiger partial charge is 0.454 e. The van der Waals surface area contributed by atoms with Gasteiger partial charge in [-0.2, -0.15) is 5.10 Å². The molecule has 3 rings (SSSR count). The molecule has 0 aliphatic carbocycles. The summed E-state index contributed by atoms with van der Waals surface area (Å²) in [5.74, 6) is 1.13. The lowest BCUT2D eigenvalue weighted by molar-refractivity contribution is 0.0954. The fraction of sp³-hybridized carbons (Fsp3) is 0.125. The van der Waals surface area contributed by atoms with Gasteiger partial charge in [0.05, 0.1) is 11.3 Å². The van der Waals surface area contributed by atoms with E-state index in [0.717, 1.165) is 10.0 Å². The molecule has 112 valence electrons. The maximum absolute atomic E-state index is 12.1. The van der Waals surface area contributed by atoms with Crippen molar-refractivity contribution in [3.63, 3.8) is 0 Å². The van der Waals surface area contributed by atoms with Gasteiger partial charge in [-0.25, -0.2) is 5.43 Å². The van der Waals surface area contributed by atoms with Gasteiger partial charge in [0.1, 0.15) is 0 Å². The highest BCUT2D eigenvalue weighted by Gasteiger charge is 2.14. The van der Waals surface area contributed by atoms with Gasteiger partial charge >= 0.3 is 0 Å². The van der Waals surface area contributed by atoms with Crippen LogP contribution in [0.3, 0.4) is 0 Å². The molecule has 5 nitrogen and oxygen atoms in total. The summed E-state index contributed by atoms with van der Waals surface area (Å²) in [4.78, 5) is 12.1. The van der Waals surface area contributed by atoms with Crippen LogP contribution in [0.15, 0.2) is 52.0 Å². The minimum Gasteiger partial charge on any atom is -0.454 e. The molecule has 0 saturated carbocycles. The van der Waals surface area contributed by atoms with Gasteiger partial charge in [-0.1, -0.05) is 12.1 Å². The van der Waals surface area contributed by atoms with Crippen LogP contribution in [0, 0.1) is 0 Å². The molecule has 0 aromatic heterocycles. The molecule has 2 aromatic rings. The third-order valence-corrected chi connectivity index (χ3v) is 3.93. The van der Waals surface area contributed by atoms with Crippen LogP contribution in [0.25, 0.3) is 0 Å². The molecular formula is C16H13BrN2O3. The molecule has 0 spiro atoms. The van der Waals surface area contributed by atoms with Crippen LogP contribution in [0.2, 0.25) is 0 Å². The van der Waals surface area contributed by atoms with E-state index in [-0.39, 0.29) is 12.7 Å². The molecule has 0 bridgehead atoms. The topological polar surface area (TPSA) is 59.9 Å². The summed E-state index contributed by atoms with van der Waals surface area (Å²) in [7, 11) is 0. The fourth-order valence-corrected chi connectivity index (χ4v) is 2.49. The third-order valence-electron chi connectivity index (χ3n) is 3.23. The van der Waals surface area contributed by atoms with Crippen molar-refractivity contribution in [1.82, 2.24) is 5.43 Å². The number of benzene rings is 2. The van der Waals surface area contributed by atoms with Crippen LogP contribution in [0.1, 0.15) is 22.8 Å². The molecule has 1 heterocycles. The van der Waals surface area contributed by atoms with E-state index in [0.29, 0.717) is 22.8 Å². The van der Waals surface area contributed by atoms with E-state index in [1.54, 1.807) is 12.1 Å². The van der Waals surface area contributed by atoms with Gasteiger partial charge in [0, 0.05) is 10.0 Å². The number of nitrogens with zero attached hydrogens (tertiary/aromatic N) is 1. The molecule has 0 atom stereocenters. The Morgan fingerprint density at radius 3 is 2.77 bits per heavy atom. The number of nitrogens with one attached hydrogen (secondary N) is 1. The number of hydrogen-bond donors (Lipinski definition) is 1. The predicted octanol–water partition coefficient (Wildman–Crippen LogP) is 3.33. The molecule has 0 unspecified atom stereocenters. The first-order valence-electron chi connectivity index (χ1n) is 6.64. The van der Waals surface area contributed by atoms with Gasteiger partial charge in [0.2, 0.25) is 6.79 Å². The maximum Gasteiger partial charge on any atom is 0.272 e. The molecular weight excluding hydrogens is 348 g/mol. The molecule has 0 fully saturated rings. The number of carbonyl (C=O) groups excluding carboxylic acids is 1. The van der Waals surface area contributed by atoms with E-state index >= 15 is 0 Å². The van der Waals surface area contributed by atoms with E-state index < -0.39 is 0 Å². The van der Waals surface area contributed by atoms with E-state index in [2.05, 4.69) is 26.5 Å². The number of halogens is 1. The second kappa shape index (κ2) is 6.19. The number of fused-ring (bicyclic) bond motifs is 1. The van der Waals surface area contributed by atoms with Gasteiger partial charge in [-0.15, -0.1) is 0 Å². The Hall–Kier alpha value is -2.34. The van der Waals surface area contributed by atoms with E-state index in [9.17, 15) is 4.79 Å². The molecule has 1 aliphatic rings. The first-order valence-corrected chi connectivity index (χ1v) is 7.43. The van der Waals surface area contributed by atoms with Gasteiger partial charge < -0.3 is 9.47 Å². The Balaban J connectivity index is 1.75. The van der Waals surface area contributed by atoms with Gasteiger partial charge in [-0.05, 0) is 53.2 Å². The van der Waals surface area contributed by atoms with Crippen molar-refractivity contribution in [1.29, 1.82) is 0 Å². The summed E-state index contributed by atoms with van der Waals surface area (Å²) >= 11 is 3.34. The molecule has 1 N–H and O–H groups in total. The van der Waals surface area contributed by atoms with Crippen molar-refractivity contribution in [3.8, 4) is 11.5 Å². The SMILES string of the molecule is C/C(=N\NC(=O)c1ccccc1Br)c1ccc2c(c1)OCO2. The average Bonchev–Trinajstić information content (AvgIpc) is 3.00. The Bertz CT molecular complexity index is 759. The van der Waals surface area contributed by atoms with Crippen LogP contribution in [0.5, 0.6) is 11.5 Å². The summed E-state index contributed by atoms with van der Waals surface area (Å²) < 4.78 is 11.3. The maximum atomic E-state index is 12.1. The molecule has 1 aliphatic heterocycles. The van der Waals surface area contributed by atoms with Crippen LogP contribution in [0.4, 0.5) is 0 Å². The van der Waals surface area contributed by atoms with Crippen molar-refractivity contribution in [2.45, 2.75) is 6.92 Å². The van der Waals surface area contributed by atoms with Gasteiger partial charge in [0.15, 0.2) is 11.5 Å².